The summed E-state index contributed by atoms with van der Waals surface area (Å²) >= 11 is 0. The van der Waals surface area contributed by atoms with Gasteiger partial charge in [0.2, 0.25) is 0 Å². The molecular formula is C13H15NO5. The van der Waals surface area contributed by atoms with Gasteiger partial charge in [0, 0.05) is 6.42 Å². The molecule has 1 aromatic rings. The SMILES string of the molecule is CCCCC(=O)O.O=C1c2ccccc2C(=O)N1O. The Hall–Kier alpha value is -2.21. The topological polar surface area (TPSA) is 94.9 Å². The van der Waals surface area contributed by atoms with Crippen molar-refractivity contribution in [2.75, 3.05) is 0 Å². The number of hydroxylamine groups is 2. The van der Waals surface area contributed by atoms with Gasteiger partial charge in [0.1, 0.15) is 0 Å². The van der Waals surface area contributed by atoms with Gasteiger partial charge in [-0.05, 0) is 18.6 Å². The second kappa shape index (κ2) is 6.65. The summed E-state index contributed by atoms with van der Waals surface area (Å²) in [4.78, 5) is 31.9. The molecule has 0 spiro atoms. The molecule has 102 valence electrons. The number of carboxylic acids is 1. The second-order valence-electron chi connectivity index (χ2n) is 3.96. The average Bonchev–Trinajstić information content (AvgIpc) is 2.63. The summed E-state index contributed by atoms with van der Waals surface area (Å²) in [5, 5.41) is 17.1. The zero-order valence-electron chi connectivity index (χ0n) is 10.5. The molecule has 0 bridgehead atoms. The second-order valence-corrected chi connectivity index (χ2v) is 3.96. The Morgan fingerprint density at radius 3 is 1.95 bits per heavy atom. The fourth-order valence-electron chi connectivity index (χ4n) is 1.50. The van der Waals surface area contributed by atoms with Crippen LogP contribution in [-0.4, -0.2) is 33.2 Å². The minimum absolute atomic E-state index is 0.130. The molecule has 19 heavy (non-hydrogen) atoms. The Morgan fingerprint density at radius 1 is 1.16 bits per heavy atom. The number of nitrogens with zero attached hydrogens (tertiary/aromatic N) is 1. The van der Waals surface area contributed by atoms with Crippen LogP contribution in [0.4, 0.5) is 0 Å². The number of rotatable bonds is 3. The van der Waals surface area contributed by atoms with Crippen LogP contribution in [0.1, 0.15) is 46.9 Å². The molecule has 0 atom stereocenters. The molecule has 6 nitrogen and oxygen atoms in total. The first kappa shape index (κ1) is 14.8. The Balaban J connectivity index is 0.000000224. The first-order chi connectivity index (χ1) is 8.99. The van der Waals surface area contributed by atoms with Crippen molar-refractivity contribution < 1.29 is 24.7 Å². The molecule has 0 radical (unpaired) electrons. The van der Waals surface area contributed by atoms with Crippen molar-refractivity contribution in [3.05, 3.63) is 35.4 Å². The van der Waals surface area contributed by atoms with E-state index in [1.54, 1.807) is 12.1 Å². The highest BCUT2D eigenvalue weighted by atomic mass is 16.5. The van der Waals surface area contributed by atoms with Crippen molar-refractivity contribution in [2.24, 2.45) is 0 Å². The third kappa shape index (κ3) is 3.62. The number of aliphatic carboxylic acids is 1. The lowest BCUT2D eigenvalue weighted by atomic mass is 10.1. The van der Waals surface area contributed by atoms with Crippen molar-refractivity contribution in [1.82, 2.24) is 5.06 Å². The van der Waals surface area contributed by atoms with Crippen molar-refractivity contribution in [1.29, 1.82) is 0 Å². The standard InChI is InChI=1S/C8H5NO3.C5H10O2/c10-7-5-3-1-2-4-6(5)8(11)9(7)12;1-2-3-4-5(6)7/h1-4,12H;2-4H2,1H3,(H,6,7). The minimum atomic E-state index is -0.693. The maximum Gasteiger partial charge on any atom is 0.303 e. The van der Waals surface area contributed by atoms with Crippen LogP contribution in [0.15, 0.2) is 24.3 Å². The van der Waals surface area contributed by atoms with E-state index < -0.39 is 17.8 Å². The Bertz CT molecular complexity index is 463. The largest absolute Gasteiger partial charge is 0.481 e. The summed E-state index contributed by atoms with van der Waals surface area (Å²) in [5.74, 6) is -2.01. The third-order valence-corrected chi connectivity index (χ3v) is 2.52. The number of hydrogen-bond acceptors (Lipinski definition) is 4. The summed E-state index contributed by atoms with van der Waals surface area (Å²) in [6.45, 7) is 1.98. The molecule has 0 saturated carbocycles. The molecule has 2 amide bonds. The van der Waals surface area contributed by atoms with E-state index in [-0.39, 0.29) is 16.2 Å². The first-order valence-electron chi connectivity index (χ1n) is 5.87. The first-order valence-corrected chi connectivity index (χ1v) is 5.87. The molecule has 6 heteroatoms. The van der Waals surface area contributed by atoms with Gasteiger partial charge in [-0.15, -0.1) is 5.06 Å². The molecule has 0 saturated heterocycles. The zero-order chi connectivity index (χ0) is 14.4. The van der Waals surface area contributed by atoms with Crippen molar-refractivity contribution in [2.45, 2.75) is 26.2 Å². The number of carboxylic acid groups (broad SMARTS) is 1. The molecule has 1 aliphatic rings. The van der Waals surface area contributed by atoms with E-state index in [4.69, 9.17) is 10.3 Å². The van der Waals surface area contributed by atoms with Crippen LogP contribution >= 0.6 is 0 Å². The van der Waals surface area contributed by atoms with Gasteiger partial charge in [-0.1, -0.05) is 25.5 Å². The van der Waals surface area contributed by atoms with Gasteiger partial charge >= 0.3 is 5.97 Å². The van der Waals surface area contributed by atoms with E-state index in [2.05, 4.69) is 0 Å². The zero-order valence-corrected chi connectivity index (χ0v) is 10.5. The lowest BCUT2D eigenvalue weighted by Gasteiger charge is -1.99. The quantitative estimate of drug-likeness (QED) is 0.643. The summed E-state index contributed by atoms with van der Waals surface area (Å²) in [6, 6.07) is 6.30. The lowest BCUT2D eigenvalue weighted by molar-refractivity contribution is -0.137. The summed E-state index contributed by atoms with van der Waals surface area (Å²) < 4.78 is 0. The third-order valence-electron chi connectivity index (χ3n) is 2.52. The molecule has 2 rings (SSSR count). The summed E-state index contributed by atoms with van der Waals surface area (Å²) in [6.07, 6.45) is 2.08. The highest BCUT2D eigenvalue weighted by Crippen LogP contribution is 2.19. The maximum absolute atomic E-state index is 11.1. The van der Waals surface area contributed by atoms with Crippen LogP contribution in [0.2, 0.25) is 0 Å². The van der Waals surface area contributed by atoms with Gasteiger partial charge in [0.05, 0.1) is 11.1 Å². The van der Waals surface area contributed by atoms with Crippen LogP contribution < -0.4 is 0 Å². The lowest BCUT2D eigenvalue weighted by Crippen LogP contribution is -2.25. The normalized spacial score (nSPS) is 12.8. The molecule has 0 fully saturated rings. The number of carbonyl (C=O) groups is 3. The van der Waals surface area contributed by atoms with Crippen LogP contribution in [0.25, 0.3) is 0 Å². The smallest absolute Gasteiger partial charge is 0.303 e. The maximum atomic E-state index is 11.1. The van der Waals surface area contributed by atoms with Gasteiger partial charge in [-0.2, -0.15) is 0 Å². The van der Waals surface area contributed by atoms with E-state index in [0.717, 1.165) is 12.8 Å². The fourth-order valence-corrected chi connectivity index (χ4v) is 1.50. The predicted molar refractivity (Wildman–Crippen MR) is 65.9 cm³/mol. The molecule has 0 aromatic heterocycles. The number of hydrogen-bond donors (Lipinski definition) is 2. The van der Waals surface area contributed by atoms with Crippen LogP contribution in [0.3, 0.4) is 0 Å². The number of benzene rings is 1. The number of amides is 2. The monoisotopic (exact) mass is 265 g/mol. The van der Waals surface area contributed by atoms with E-state index in [9.17, 15) is 14.4 Å². The van der Waals surface area contributed by atoms with E-state index in [1.165, 1.54) is 12.1 Å². The van der Waals surface area contributed by atoms with Gasteiger partial charge in [0.15, 0.2) is 0 Å². The van der Waals surface area contributed by atoms with Gasteiger partial charge in [0.25, 0.3) is 11.8 Å². The number of imide groups is 1. The van der Waals surface area contributed by atoms with Crippen molar-refractivity contribution in [3.8, 4) is 0 Å². The number of carbonyl (C=O) groups excluding carboxylic acids is 2. The summed E-state index contributed by atoms with van der Waals surface area (Å²) in [5.41, 5.74) is 0.509. The van der Waals surface area contributed by atoms with Crippen molar-refractivity contribution >= 4 is 17.8 Å². The highest BCUT2D eigenvalue weighted by molar-refractivity contribution is 6.20. The molecule has 0 aliphatic carbocycles. The minimum Gasteiger partial charge on any atom is -0.481 e. The van der Waals surface area contributed by atoms with E-state index in [1.807, 2.05) is 6.92 Å². The predicted octanol–water partition coefficient (Wildman–Crippen LogP) is 1.93. The molecule has 0 unspecified atom stereocenters. The van der Waals surface area contributed by atoms with E-state index in [0.29, 0.717) is 6.42 Å². The van der Waals surface area contributed by atoms with Crippen LogP contribution in [0.5, 0.6) is 0 Å². The molecule has 1 aromatic carbocycles. The van der Waals surface area contributed by atoms with Gasteiger partial charge in [-0.25, -0.2) is 0 Å². The number of fused-ring (bicyclic) bond motifs is 1. The fraction of sp³-hybridized carbons (Fsp3) is 0.308. The van der Waals surface area contributed by atoms with Crippen LogP contribution in [0, 0.1) is 0 Å². The Kier molecular flexibility index (Phi) is 5.20. The Labute approximate surface area is 110 Å². The van der Waals surface area contributed by atoms with Crippen LogP contribution in [-0.2, 0) is 4.79 Å². The molecule has 2 N–H and O–H groups in total. The van der Waals surface area contributed by atoms with Gasteiger partial charge < -0.3 is 5.11 Å². The highest BCUT2D eigenvalue weighted by Gasteiger charge is 2.33. The molecule has 1 aliphatic heterocycles. The summed E-state index contributed by atoms with van der Waals surface area (Å²) in [7, 11) is 0. The Morgan fingerprint density at radius 2 is 1.63 bits per heavy atom. The van der Waals surface area contributed by atoms with Gasteiger partial charge in [-0.3, -0.25) is 19.6 Å². The van der Waals surface area contributed by atoms with Crippen molar-refractivity contribution in [3.63, 3.8) is 0 Å². The molecular weight excluding hydrogens is 250 g/mol. The molecule has 1 heterocycles. The average molecular weight is 265 g/mol. The van der Waals surface area contributed by atoms with E-state index >= 15 is 0 Å². The number of unbranched alkanes of at least 4 members (excludes halogenated alkanes) is 1.